The van der Waals surface area contributed by atoms with Gasteiger partial charge in [0.25, 0.3) is 0 Å². The fourth-order valence-electron chi connectivity index (χ4n) is 1.52. The van der Waals surface area contributed by atoms with E-state index in [1.54, 1.807) is 0 Å². The van der Waals surface area contributed by atoms with E-state index in [-0.39, 0.29) is 0 Å². The quantitative estimate of drug-likeness (QED) is 0.597. The zero-order valence-corrected chi connectivity index (χ0v) is 9.01. The number of piperazine rings is 1. The molecule has 2 heteroatoms. The molecule has 0 aliphatic carbocycles. The summed E-state index contributed by atoms with van der Waals surface area (Å²) < 4.78 is 0. The Balaban J connectivity index is 2.45. The predicted molar refractivity (Wildman–Crippen MR) is 57.6 cm³/mol. The molecule has 74 valence electrons. The zero-order chi connectivity index (χ0) is 9.84. The monoisotopic (exact) mass is 180 g/mol. The van der Waals surface area contributed by atoms with Crippen molar-refractivity contribution in [2.24, 2.45) is 0 Å². The van der Waals surface area contributed by atoms with Crippen molar-refractivity contribution < 1.29 is 0 Å². The van der Waals surface area contributed by atoms with Crippen molar-refractivity contribution in [1.29, 1.82) is 0 Å². The molecular formula is C11H20N2. The number of nitrogens with zero attached hydrogens (tertiary/aromatic N) is 2. The van der Waals surface area contributed by atoms with Crippen LogP contribution in [0.3, 0.4) is 0 Å². The summed E-state index contributed by atoms with van der Waals surface area (Å²) in [5.41, 5.74) is 2.48. The van der Waals surface area contributed by atoms with E-state index in [0.717, 1.165) is 31.9 Å². The van der Waals surface area contributed by atoms with E-state index in [1.807, 2.05) is 0 Å². The molecule has 1 saturated heterocycles. The van der Waals surface area contributed by atoms with Crippen LogP contribution in [0.2, 0.25) is 0 Å². The SMILES string of the molecule is C=C(C=C(C)C)N1CCN(C)CC1. The number of rotatable bonds is 2. The van der Waals surface area contributed by atoms with Gasteiger partial charge in [-0.2, -0.15) is 0 Å². The molecule has 0 unspecified atom stereocenters. The van der Waals surface area contributed by atoms with Gasteiger partial charge in [0.2, 0.25) is 0 Å². The van der Waals surface area contributed by atoms with Crippen LogP contribution in [0.1, 0.15) is 13.8 Å². The van der Waals surface area contributed by atoms with Gasteiger partial charge in [-0.15, -0.1) is 0 Å². The van der Waals surface area contributed by atoms with Gasteiger partial charge in [0.1, 0.15) is 0 Å². The van der Waals surface area contributed by atoms with Gasteiger partial charge in [0.05, 0.1) is 0 Å². The Morgan fingerprint density at radius 2 is 1.69 bits per heavy atom. The second kappa shape index (κ2) is 4.47. The highest BCUT2D eigenvalue weighted by Crippen LogP contribution is 2.09. The first-order valence-corrected chi connectivity index (χ1v) is 4.87. The van der Waals surface area contributed by atoms with E-state index >= 15 is 0 Å². The molecule has 0 radical (unpaired) electrons. The van der Waals surface area contributed by atoms with Crippen molar-refractivity contribution in [3.63, 3.8) is 0 Å². The molecule has 13 heavy (non-hydrogen) atoms. The number of allylic oxidation sites excluding steroid dienone is 2. The third-order valence-corrected chi connectivity index (χ3v) is 2.36. The summed E-state index contributed by atoms with van der Waals surface area (Å²) >= 11 is 0. The highest BCUT2D eigenvalue weighted by molar-refractivity contribution is 5.17. The van der Waals surface area contributed by atoms with Crippen LogP contribution in [0.25, 0.3) is 0 Å². The molecule has 1 aliphatic rings. The first-order valence-electron chi connectivity index (χ1n) is 4.87. The third-order valence-electron chi connectivity index (χ3n) is 2.36. The van der Waals surface area contributed by atoms with Gasteiger partial charge in [-0.25, -0.2) is 0 Å². The predicted octanol–water partition coefficient (Wildman–Crippen LogP) is 1.71. The second-order valence-electron chi connectivity index (χ2n) is 4.00. The normalized spacial score (nSPS) is 18.5. The molecule has 0 N–H and O–H groups in total. The zero-order valence-electron chi connectivity index (χ0n) is 9.01. The van der Waals surface area contributed by atoms with Crippen molar-refractivity contribution in [2.45, 2.75) is 13.8 Å². The summed E-state index contributed by atoms with van der Waals surface area (Å²) in [5, 5.41) is 0. The number of hydrogen-bond donors (Lipinski definition) is 0. The molecule has 0 amide bonds. The van der Waals surface area contributed by atoms with Crippen LogP contribution in [-0.4, -0.2) is 43.0 Å². The van der Waals surface area contributed by atoms with Crippen LogP contribution in [0.15, 0.2) is 23.9 Å². The van der Waals surface area contributed by atoms with Crippen LogP contribution < -0.4 is 0 Å². The van der Waals surface area contributed by atoms with Gasteiger partial charge < -0.3 is 9.80 Å². The first kappa shape index (κ1) is 10.3. The summed E-state index contributed by atoms with van der Waals surface area (Å²) in [6.45, 7) is 12.8. The molecule has 1 aliphatic heterocycles. The van der Waals surface area contributed by atoms with Crippen LogP contribution >= 0.6 is 0 Å². The molecule has 0 atom stereocenters. The van der Waals surface area contributed by atoms with Crippen molar-refractivity contribution >= 4 is 0 Å². The summed E-state index contributed by atoms with van der Waals surface area (Å²) in [6, 6.07) is 0. The largest absolute Gasteiger partial charge is 0.369 e. The Bertz CT molecular complexity index is 206. The highest BCUT2D eigenvalue weighted by Gasteiger charge is 2.13. The highest BCUT2D eigenvalue weighted by atomic mass is 15.2. The minimum atomic E-state index is 1.11. The molecule has 0 aromatic rings. The lowest BCUT2D eigenvalue weighted by Gasteiger charge is -2.34. The topological polar surface area (TPSA) is 6.48 Å². The standard InChI is InChI=1S/C11H20N2/c1-10(2)9-11(3)13-7-5-12(4)6-8-13/h9H,3,5-8H2,1-2,4H3. The summed E-state index contributed by atoms with van der Waals surface area (Å²) in [6.07, 6.45) is 2.16. The molecule has 1 heterocycles. The Morgan fingerprint density at radius 1 is 1.15 bits per heavy atom. The molecule has 0 bridgehead atoms. The lowest BCUT2D eigenvalue weighted by molar-refractivity contribution is 0.190. The Kier molecular flexibility index (Phi) is 3.55. The van der Waals surface area contributed by atoms with Gasteiger partial charge in [0, 0.05) is 31.9 Å². The van der Waals surface area contributed by atoms with Crippen LogP contribution in [0, 0.1) is 0 Å². The van der Waals surface area contributed by atoms with Crippen molar-refractivity contribution in [3.05, 3.63) is 23.9 Å². The maximum Gasteiger partial charge on any atom is 0.0306 e. The smallest absolute Gasteiger partial charge is 0.0306 e. The molecule has 2 nitrogen and oxygen atoms in total. The van der Waals surface area contributed by atoms with Crippen molar-refractivity contribution in [3.8, 4) is 0 Å². The fraction of sp³-hybridized carbons (Fsp3) is 0.636. The first-order chi connectivity index (χ1) is 6.09. The van der Waals surface area contributed by atoms with E-state index in [2.05, 4.69) is 43.3 Å². The van der Waals surface area contributed by atoms with Gasteiger partial charge in [0.15, 0.2) is 0 Å². The summed E-state index contributed by atoms with van der Waals surface area (Å²) in [7, 11) is 2.17. The average Bonchev–Trinajstić information content (AvgIpc) is 2.04. The van der Waals surface area contributed by atoms with Crippen molar-refractivity contribution in [2.75, 3.05) is 33.2 Å². The second-order valence-corrected chi connectivity index (χ2v) is 4.00. The van der Waals surface area contributed by atoms with Gasteiger partial charge in [-0.05, 0) is 27.0 Å². The Morgan fingerprint density at radius 3 is 2.15 bits per heavy atom. The summed E-state index contributed by atoms with van der Waals surface area (Å²) in [4.78, 5) is 4.71. The third kappa shape index (κ3) is 3.23. The van der Waals surface area contributed by atoms with Crippen LogP contribution in [0.5, 0.6) is 0 Å². The number of likely N-dealkylation sites (N-methyl/N-ethyl adjacent to an activating group) is 1. The Hall–Kier alpha value is -0.760. The molecule has 1 fully saturated rings. The maximum atomic E-state index is 4.07. The maximum absolute atomic E-state index is 4.07. The van der Waals surface area contributed by atoms with E-state index in [0.29, 0.717) is 0 Å². The molecule has 0 aromatic carbocycles. The summed E-state index contributed by atoms with van der Waals surface area (Å²) in [5.74, 6) is 0. The lowest BCUT2D eigenvalue weighted by atomic mass is 10.2. The van der Waals surface area contributed by atoms with E-state index in [4.69, 9.17) is 0 Å². The van der Waals surface area contributed by atoms with Crippen molar-refractivity contribution in [1.82, 2.24) is 9.80 Å². The average molecular weight is 180 g/mol. The molecule has 1 rings (SSSR count). The lowest BCUT2D eigenvalue weighted by Crippen LogP contribution is -2.43. The number of hydrogen-bond acceptors (Lipinski definition) is 2. The van der Waals surface area contributed by atoms with E-state index in [1.165, 1.54) is 5.57 Å². The minimum Gasteiger partial charge on any atom is -0.369 e. The van der Waals surface area contributed by atoms with Gasteiger partial charge in [-0.1, -0.05) is 12.2 Å². The molecule has 0 aromatic heterocycles. The van der Waals surface area contributed by atoms with Gasteiger partial charge >= 0.3 is 0 Å². The molecule has 0 spiro atoms. The fourth-order valence-corrected chi connectivity index (χ4v) is 1.52. The molecular weight excluding hydrogens is 160 g/mol. The van der Waals surface area contributed by atoms with Crippen LogP contribution in [0.4, 0.5) is 0 Å². The van der Waals surface area contributed by atoms with Crippen LogP contribution in [-0.2, 0) is 0 Å². The van der Waals surface area contributed by atoms with E-state index < -0.39 is 0 Å². The van der Waals surface area contributed by atoms with E-state index in [9.17, 15) is 0 Å². The Labute approximate surface area is 81.5 Å². The molecule has 0 saturated carbocycles. The minimum absolute atomic E-state index is 1.11. The van der Waals surface area contributed by atoms with Gasteiger partial charge in [-0.3, -0.25) is 0 Å².